The van der Waals surface area contributed by atoms with Crippen molar-refractivity contribution in [3.05, 3.63) is 35.9 Å². The second-order valence-corrected chi connectivity index (χ2v) is 4.87. The van der Waals surface area contributed by atoms with Crippen molar-refractivity contribution in [3.8, 4) is 6.07 Å². The molecule has 0 spiro atoms. The minimum atomic E-state index is 0.119. The number of nitriles is 1. The maximum atomic E-state index is 9.28. The number of aromatic nitrogens is 1. The number of fused-ring (bicyclic) bond motifs is 1. The maximum Gasteiger partial charge on any atom is 0.128 e. The van der Waals surface area contributed by atoms with E-state index in [0.717, 1.165) is 29.8 Å². The summed E-state index contributed by atoms with van der Waals surface area (Å²) in [6, 6.07) is 11.9. The van der Waals surface area contributed by atoms with Crippen LogP contribution in [0.5, 0.6) is 0 Å². The van der Waals surface area contributed by atoms with Crippen molar-refractivity contribution in [1.29, 1.82) is 5.26 Å². The normalized spacial score (nSPS) is 21.8. The molecule has 1 aromatic carbocycles. The van der Waals surface area contributed by atoms with Crippen molar-refractivity contribution in [3.63, 3.8) is 0 Å². The van der Waals surface area contributed by atoms with Crippen LogP contribution in [0.2, 0.25) is 0 Å². The van der Waals surface area contributed by atoms with Gasteiger partial charge in [-0.3, -0.25) is 0 Å². The molecule has 102 valence electrons. The molecular formula is C15H16N4O. The lowest BCUT2D eigenvalue weighted by Crippen LogP contribution is -2.33. The molecule has 1 saturated heterocycles. The SMILES string of the molecule is CO[C@H]1CNCC1Nc1cc(C#N)c2ccccc2n1. The summed E-state index contributed by atoms with van der Waals surface area (Å²) in [5, 5.41) is 16.8. The van der Waals surface area contributed by atoms with Gasteiger partial charge in [0.1, 0.15) is 5.82 Å². The summed E-state index contributed by atoms with van der Waals surface area (Å²) < 4.78 is 5.42. The zero-order valence-corrected chi connectivity index (χ0v) is 11.3. The van der Waals surface area contributed by atoms with Crippen LogP contribution in [0.3, 0.4) is 0 Å². The summed E-state index contributed by atoms with van der Waals surface area (Å²) in [6.45, 7) is 1.65. The summed E-state index contributed by atoms with van der Waals surface area (Å²) >= 11 is 0. The van der Waals surface area contributed by atoms with Crippen LogP contribution in [-0.2, 0) is 4.74 Å². The van der Waals surface area contributed by atoms with Crippen LogP contribution in [0.15, 0.2) is 30.3 Å². The lowest BCUT2D eigenvalue weighted by atomic mass is 10.1. The van der Waals surface area contributed by atoms with Crippen molar-refractivity contribution in [2.45, 2.75) is 12.1 Å². The van der Waals surface area contributed by atoms with Gasteiger partial charge < -0.3 is 15.4 Å². The number of hydrogen-bond acceptors (Lipinski definition) is 5. The summed E-state index contributed by atoms with van der Waals surface area (Å²) in [6.07, 6.45) is 0.119. The number of hydrogen-bond donors (Lipinski definition) is 2. The second-order valence-electron chi connectivity index (χ2n) is 4.87. The molecule has 1 aliphatic rings. The number of benzene rings is 1. The Balaban J connectivity index is 1.94. The number of para-hydroxylation sites is 1. The Morgan fingerprint density at radius 3 is 3.05 bits per heavy atom. The van der Waals surface area contributed by atoms with Crippen molar-refractivity contribution in [1.82, 2.24) is 10.3 Å². The Labute approximate surface area is 117 Å². The number of nitrogens with zero attached hydrogens (tertiary/aromatic N) is 2. The van der Waals surface area contributed by atoms with Gasteiger partial charge in [0.2, 0.25) is 0 Å². The summed E-state index contributed by atoms with van der Waals surface area (Å²) in [5.74, 6) is 0.719. The number of ether oxygens (including phenoxy) is 1. The number of methoxy groups -OCH3 is 1. The number of anilines is 1. The van der Waals surface area contributed by atoms with E-state index in [9.17, 15) is 5.26 Å². The predicted molar refractivity (Wildman–Crippen MR) is 77.5 cm³/mol. The topological polar surface area (TPSA) is 70.0 Å². The lowest BCUT2D eigenvalue weighted by molar-refractivity contribution is 0.111. The first kappa shape index (κ1) is 12.9. The molecule has 0 radical (unpaired) electrons. The van der Waals surface area contributed by atoms with E-state index in [1.54, 1.807) is 13.2 Å². The van der Waals surface area contributed by atoms with Gasteiger partial charge in [-0.15, -0.1) is 0 Å². The van der Waals surface area contributed by atoms with Crippen molar-refractivity contribution < 1.29 is 4.74 Å². The Morgan fingerprint density at radius 1 is 1.40 bits per heavy atom. The fraction of sp³-hybridized carbons (Fsp3) is 0.333. The Bertz CT molecular complexity index is 664. The molecule has 0 aliphatic carbocycles. The average molecular weight is 268 g/mol. The Morgan fingerprint density at radius 2 is 2.25 bits per heavy atom. The summed E-state index contributed by atoms with van der Waals surface area (Å²) in [7, 11) is 1.71. The van der Waals surface area contributed by atoms with Crippen LogP contribution in [0.1, 0.15) is 5.56 Å². The smallest absolute Gasteiger partial charge is 0.128 e. The van der Waals surface area contributed by atoms with Gasteiger partial charge in [0.25, 0.3) is 0 Å². The van der Waals surface area contributed by atoms with E-state index >= 15 is 0 Å². The first-order valence-corrected chi connectivity index (χ1v) is 6.62. The highest BCUT2D eigenvalue weighted by atomic mass is 16.5. The van der Waals surface area contributed by atoms with Gasteiger partial charge in [-0.2, -0.15) is 5.26 Å². The summed E-state index contributed by atoms with van der Waals surface area (Å²) in [5.41, 5.74) is 1.46. The van der Waals surface area contributed by atoms with E-state index in [1.807, 2.05) is 24.3 Å². The number of rotatable bonds is 3. The van der Waals surface area contributed by atoms with Gasteiger partial charge >= 0.3 is 0 Å². The van der Waals surface area contributed by atoms with Crippen LogP contribution >= 0.6 is 0 Å². The van der Waals surface area contributed by atoms with Crippen molar-refractivity contribution in [2.24, 2.45) is 0 Å². The highest BCUT2D eigenvalue weighted by molar-refractivity contribution is 5.86. The summed E-state index contributed by atoms with van der Waals surface area (Å²) in [4.78, 5) is 4.57. The fourth-order valence-electron chi connectivity index (χ4n) is 2.58. The largest absolute Gasteiger partial charge is 0.378 e. The monoisotopic (exact) mass is 268 g/mol. The molecule has 5 nitrogen and oxygen atoms in total. The molecule has 1 unspecified atom stereocenters. The van der Waals surface area contributed by atoms with Crippen molar-refractivity contribution in [2.75, 3.05) is 25.5 Å². The number of nitrogens with one attached hydrogen (secondary N) is 2. The van der Waals surface area contributed by atoms with E-state index in [-0.39, 0.29) is 12.1 Å². The van der Waals surface area contributed by atoms with Crippen LogP contribution in [0.25, 0.3) is 10.9 Å². The van der Waals surface area contributed by atoms with Gasteiger partial charge in [0, 0.05) is 25.6 Å². The molecule has 3 rings (SSSR count). The second kappa shape index (κ2) is 5.45. The van der Waals surface area contributed by atoms with Gasteiger partial charge in [-0.25, -0.2) is 4.98 Å². The minimum Gasteiger partial charge on any atom is -0.378 e. The zero-order valence-electron chi connectivity index (χ0n) is 11.3. The molecule has 1 fully saturated rings. The highest BCUT2D eigenvalue weighted by Crippen LogP contribution is 2.21. The van der Waals surface area contributed by atoms with Crippen molar-refractivity contribution >= 4 is 16.7 Å². The van der Waals surface area contributed by atoms with Gasteiger partial charge in [0.05, 0.1) is 29.3 Å². The molecule has 1 aliphatic heterocycles. The standard InChI is InChI=1S/C15H16N4O/c1-20-14-9-17-8-13(14)19-15-6-10(7-16)11-4-2-3-5-12(11)18-15/h2-6,13-14,17H,8-9H2,1H3,(H,18,19)/t13?,14-/m0/s1. The highest BCUT2D eigenvalue weighted by Gasteiger charge is 2.27. The average Bonchev–Trinajstić information content (AvgIpc) is 2.93. The molecular weight excluding hydrogens is 252 g/mol. The quantitative estimate of drug-likeness (QED) is 0.883. The van der Waals surface area contributed by atoms with E-state index in [1.165, 1.54) is 0 Å². The van der Waals surface area contributed by atoms with E-state index < -0.39 is 0 Å². The minimum absolute atomic E-state index is 0.119. The number of pyridine rings is 1. The molecule has 0 saturated carbocycles. The van der Waals surface area contributed by atoms with Gasteiger partial charge in [-0.1, -0.05) is 18.2 Å². The zero-order chi connectivity index (χ0) is 13.9. The molecule has 5 heteroatoms. The van der Waals surface area contributed by atoms with E-state index in [2.05, 4.69) is 21.7 Å². The van der Waals surface area contributed by atoms with Crippen LogP contribution < -0.4 is 10.6 Å². The first-order valence-electron chi connectivity index (χ1n) is 6.62. The molecule has 2 aromatic rings. The third kappa shape index (κ3) is 2.31. The first-order chi connectivity index (χ1) is 9.81. The van der Waals surface area contributed by atoms with Gasteiger partial charge in [-0.05, 0) is 12.1 Å². The Hall–Kier alpha value is -2.16. The maximum absolute atomic E-state index is 9.28. The van der Waals surface area contributed by atoms with E-state index in [4.69, 9.17) is 4.74 Å². The predicted octanol–water partition coefficient (Wildman–Crippen LogP) is 1.51. The van der Waals surface area contributed by atoms with Gasteiger partial charge in [0.15, 0.2) is 0 Å². The van der Waals surface area contributed by atoms with Crippen LogP contribution in [0, 0.1) is 11.3 Å². The Kier molecular flexibility index (Phi) is 3.50. The fourth-order valence-corrected chi connectivity index (χ4v) is 2.58. The molecule has 1 aromatic heterocycles. The third-order valence-electron chi connectivity index (χ3n) is 3.63. The lowest BCUT2D eigenvalue weighted by Gasteiger charge is -2.19. The molecule has 2 atom stereocenters. The molecule has 0 amide bonds. The molecule has 2 N–H and O–H groups in total. The van der Waals surface area contributed by atoms with Crippen LogP contribution in [-0.4, -0.2) is 37.3 Å². The van der Waals surface area contributed by atoms with Crippen LogP contribution in [0.4, 0.5) is 5.82 Å². The van der Waals surface area contributed by atoms with E-state index in [0.29, 0.717) is 5.56 Å². The molecule has 20 heavy (non-hydrogen) atoms. The molecule has 0 bridgehead atoms. The third-order valence-corrected chi connectivity index (χ3v) is 3.63. The molecule has 2 heterocycles.